The second-order valence-corrected chi connectivity index (χ2v) is 4.62. The van der Waals surface area contributed by atoms with E-state index in [0.717, 1.165) is 32.7 Å². The molecule has 116 valence electrons. The van der Waals surface area contributed by atoms with Gasteiger partial charge in [-0.25, -0.2) is 0 Å². The predicted octanol–water partition coefficient (Wildman–Crippen LogP) is 3.15. The molecule has 0 fully saturated rings. The summed E-state index contributed by atoms with van der Waals surface area (Å²) in [5.41, 5.74) is 5.82. The van der Waals surface area contributed by atoms with Crippen molar-refractivity contribution in [1.82, 2.24) is 5.32 Å². The number of nitrogens with zero attached hydrogens (tertiary/aromatic N) is 1. The van der Waals surface area contributed by atoms with Crippen molar-refractivity contribution in [1.29, 1.82) is 0 Å². The minimum absolute atomic E-state index is 0. The van der Waals surface area contributed by atoms with Gasteiger partial charge in [-0.1, -0.05) is 33.1 Å². The molecular formula is C14H32IN3O. The highest BCUT2D eigenvalue weighted by Crippen LogP contribution is 2.12. The van der Waals surface area contributed by atoms with Gasteiger partial charge in [-0.15, -0.1) is 24.0 Å². The first kappa shape index (κ1) is 21.3. The van der Waals surface area contributed by atoms with Crippen molar-refractivity contribution in [3.63, 3.8) is 0 Å². The molecule has 1 atom stereocenters. The smallest absolute Gasteiger partial charge is 0.188 e. The van der Waals surface area contributed by atoms with Gasteiger partial charge in [-0.05, 0) is 25.7 Å². The predicted molar refractivity (Wildman–Crippen MR) is 94.3 cm³/mol. The van der Waals surface area contributed by atoms with Crippen LogP contribution in [-0.4, -0.2) is 32.3 Å². The molecule has 0 amide bonds. The number of rotatable bonds is 11. The summed E-state index contributed by atoms with van der Waals surface area (Å²) in [5.74, 6) is 1.25. The van der Waals surface area contributed by atoms with Crippen LogP contribution in [0.25, 0.3) is 0 Å². The quantitative estimate of drug-likeness (QED) is 0.249. The number of unbranched alkanes of at least 4 members (excludes halogenated alkanes) is 1. The van der Waals surface area contributed by atoms with Crippen molar-refractivity contribution in [2.75, 3.05) is 26.3 Å². The molecule has 0 rings (SSSR count). The molecule has 3 N–H and O–H groups in total. The number of nitrogens with two attached hydrogens (primary N) is 1. The largest absolute Gasteiger partial charge is 0.382 e. The first-order valence-electron chi connectivity index (χ1n) is 7.36. The maximum absolute atomic E-state index is 5.82. The summed E-state index contributed by atoms with van der Waals surface area (Å²) in [4.78, 5) is 4.41. The maximum Gasteiger partial charge on any atom is 0.188 e. The van der Waals surface area contributed by atoms with Crippen molar-refractivity contribution in [2.45, 2.75) is 52.9 Å². The SMILES string of the molecule is CCCCC(CC)CN=C(N)NCCCOCC.I. The molecule has 0 bridgehead atoms. The molecule has 0 aromatic carbocycles. The molecule has 4 nitrogen and oxygen atoms in total. The van der Waals surface area contributed by atoms with Crippen LogP contribution in [0.3, 0.4) is 0 Å². The summed E-state index contributed by atoms with van der Waals surface area (Å²) in [6, 6.07) is 0. The fourth-order valence-electron chi connectivity index (χ4n) is 1.74. The van der Waals surface area contributed by atoms with Gasteiger partial charge in [0.1, 0.15) is 0 Å². The van der Waals surface area contributed by atoms with Crippen LogP contribution in [0.4, 0.5) is 0 Å². The van der Waals surface area contributed by atoms with E-state index in [-0.39, 0.29) is 24.0 Å². The molecule has 0 saturated heterocycles. The number of hydrogen-bond donors (Lipinski definition) is 2. The van der Waals surface area contributed by atoms with Crippen LogP contribution >= 0.6 is 24.0 Å². The van der Waals surface area contributed by atoms with Crippen LogP contribution in [0.15, 0.2) is 4.99 Å². The zero-order chi connectivity index (χ0) is 13.6. The van der Waals surface area contributed by atoms with Gasteiger partial charge in [-0.2, -0.15) is 0 Å². The van der Waals surface area contributed by atoms with Crippen LogP contribution < -0.4 is 11.1 Å². The number of nitrogens with one attached hydrogen (secondary N) is 1. The van der Waals surface area contributed by atoms with E-state index in [1.165, 1.54) is 25.7 Å². The molecule has 0 saturated carbocycles. The van der Waals surface area contributed by atoms with Crippen molar-refractivity contribution in [3.8, 4) is 0 Å². The van der Waals surface area contributed by atoms with Gasteiger partial charge < -0.3 is 15.8 Å². The molecular weight excluding hydrogens is 353 g/mol. The highest BCUT2D eigenvalue weighted by Gasteiger charge is 2.04. The molecule has 0 aliphatic rings. The molecule has 0 radical (unpaired) electrons. The van der Waals surface area contributed by atoms with E-state index in [4.69, 9.17) is 10.5 Å². The molecule has 19 heavy (non-hydrogen) atoms. The summed E-state index contributed by atoms with van der Waals surface area (Å²) in [5, 5.41) is 3.12. The number of aliphatic imine (C=N–C) groups is 1. The number of guanidine groups is 1. The van der Waals surface area contributed by atoms with Gasteiger partial charge in [0.2, 0.25) is 0 Å². The fourth-order valence-corrected chi connectivity index (χ4v) is 1.74. The lowest BCUT2D eigenvalue weighted by molar-refractivity contribution is 0.145. The average Bonchev–Trinajstić information content (AvgIpc) is 2.39. The Labute approximate surface area is 136 Å². The monoisotopic (exact) mass is 385 g/mol. The van der Waals surface area contributed by atoms with Crippen LogP contribution in [-0.2, 0) is 4.74 Å². The minimum Gasteiger partial charge on any atom is -0.382 e. The van der Waals surface area contributed by atoms with Gasteiger partial charge in [0.15, 0.2) is 5.96 Å². The molecule has 0 aliphatic heterocycles. The van der Waals surface area contributed by atoms with Gasteiger partial charge in [0.05, 0.1) is 0 Å². The Morgan fingerprint density at radius 1 is 1.26 bits per heavy atom. The summed E-state index contributed by atoms with van der Waals surface area (Å²) in [7, 11) is 0. The molecule has 5 heteroatoms. The number of halogens is 1. The molecule has 0 aromatic rings. The zero-order valence-corrected chi connectivity index (χ0v) is 15.1. The topological polar surface area (TPSA) is 59.6 Å². The third kappa shape index (κ3) is 14.2. The Bertz CT molecular complexity index is 213. The lowest BCUT2D eigenvalue weighted by atomic mass is 10.00. The number of ether oxygens (including phenoxy) is 1. The Morgan fingerprint density at radius 3 is 2.58 bits per heavy atom. The van der Waals surface area contributed by atoms with Gasteiger partial charge in [0, 0.05) is 26.3 Å². The zero-order valence-electron chi connectivity index (χ0n) is 12.8. The van der Waals surface area contributed by atoms with E-state index >= 15 is 0 Å². The molecule has 0 heterocycles. The third-order valence-electron chi connectivity index (χ3n) is 3.04. The summed E-state index contributed by atoms with van der Waals surface area (Å²) in [6.45, 7) is 9.70. The Balaban J connectivity index is 0. The van der Waals surface area contributed by atoms with E-state index in [0.29, 0.717) is 11.9 Å². The van der Waals surface area contributed by atoms with Crippen LogP contribution in [0.1, 0.15) is 52.9 Å². The fraction of sp³-hybridized carbons (Fsp3) is 0.929. The van der Waals surface area contributed by atoms with Crippen LogP contribution in [0.2, 0.25) is 0 Å². The molecule has 0 aliphatic carbocycles. The first-order valence-corrected chi connectivity index (χ1v) is 7.36. The minimum atomic E-state index is 0. The van der Waals surface area contributed by atoms with Crippen LogP contribution in [0, 0.1) is 5.92 Å². The summed E-state index contributed by atoms with van der Waals surface area (Å²) >= 11 is 0. The van der Waals surface area contributed by atoms with E-state index in [2.05, 4.69) is 24.2 Å². The van der Waals surface area contributed by atoms with Crippen molar-refractivity contribution in [3.05, 3.63) is 0 Å². The molecule has 0 aromatic heterocycles. The summed E-state index contributed by atoms with van der Waals surface area (Å²) < 4.78 is 5.25. The molecule has 1 unspecified atom stereocenters. The Kier molecular flexibility index (Phi) is 17.9. The van der Waals surface area contributed by atoms with Crippen LogP contribution in [0.5, 0.6) is 0 Å². The van der Waals surface area contributed by atoms with E-state index < -0.39 is 0 Å². The van der Waals surface area contributed by atoms with Gasteiger partial charge >= 0.3 is 0 Å². The standard InChI is InChI=1S/C14H31N3O.HI/c1-4-7-9-13(5-2)12-17-14(15)16-10-8-11-18-6-3;/h13H,4-12H2,1-3H3,(H3,15,16,17);1H. The van der Waals surface area contributed by atoms with E-state index in [9.17, 15) is 0 Å². The normalized spacial score (nSPS) is 12.9. The summed E-state index contributed by atoms with van der Waals surface area (Å²) in [6.07, 6.45) is 5.95. The highest BCUT2D eigenvalue weighted by atomic mass is 127. The van der Waals surface area contributed by atoms with E-state index in [1.54, 1.807) is 0 Å². The number of hydrogen-bond acceptors (Lipinski definition) is 2. The Hall–Kier alpha value is -0.0400. The van der Waals surface area contributed by atoms with E-state index in [1.807, 2.05) is 6.92 Å². The molecule has 0 spiro atoms. The van der Waals surface area contributed by atoms with Crippen molar-refractivity contribution >= 4 is 29.9 Å². The average molecular weight is 385 g/mol. The van der Waals surface area contributed by atoms with Crippen molar-refractivity contribution < 1.29 is 4.74 Å². The Morgan fingerprint density at radius 2 is 2.00 bits per heavy atom. The third-order valence-corrected chi connectivity index (χ3v) is 3.04. The lowest BCUT2D eigenvalue weighted by Crippen LogP contribution is -2.33. The second kappa shape index (κ2) is 16.0. The first-order chi connectivity index (χ1) is 8.74. The second-order valence-electron chi connectivity index (χ2n) is 4.62. The maximum atomic E-state index is 5.82. The lowest BCUT2D eigenvalue weighted by Gasteiger charge is -2.12. The van der Waals surface area contributed by atoms with Crippen molar-refractivity contribution in [2.24, 2.45) is 16.6 Å². The van der Waals surface area contributed by atoms with Gasteiger partial charge in [-0.3, -0.25) is 4.99 Å². The van der Waals surface area contributed by atoms with Gasteiger partial charge in [0.25, 0.3) is 0 Å². The highest BCUT2D eigenvalue weighted by molar-refractivity contribution is 14.0.